The molecule has 0 fully saturated rings. The molecule has 3 nitrogen and oxygen atoms in total. The van der Waals surface area contributed by atoms with E-state index in [1.165, 1.54) is 66.6 Å². The maximum atomic E-state index is 6.42. The maximum absolute atomic E-state index is 6.42. The summed E-state index contributed by atoms with van der Waals surface area (Å²) < 4.78 is 8.79. The number of para-hydroxylation sites is 3. The van der Waals surface area contributed by atoms with Crippen LogP contribution in [0.3, 0.4) is 0 Å². The molecule has 1 atom stereocenters. The second kappa shape index (κ2) is 13.4. The van der Waals surface area contributed by atoms with Gasteiger partial charge in [-0.1, -0.05) is 140 Å². The third-order valence-corrected chi connectivity index (χ3v) is 12.7. The van der Waals surface area contributed by atoms with Gasteiger partial charge >= 0.3 is 0 Å². The van der Waals surface area contributed by atoms with E-state index in [9.17, 15) is 0 Å². The molecule has 0 amide bonds. The van der Waals surface area contributed by atoms with Crippen molar-refractivity contribution >= 4 is 55.0 Å². The predicted molar refractivity (Wildman–Crippen MR) is 247 cm³/mol. The van der Waals surface area contributed by atoms with E-state index >= 15 is 0 Å². The van der Waals surface area contributed by atoms with Crippen LogP contribution in [-0.4, -0.2) is 11.1 Å². The first kappa shape index (κ1) is 33.7. The average Bonchev–Trinajstić information content (AvgIpc) is 3.86. The van der Waals surface area contributed by atoms with Crippen molar-refractivity contribution in [3.63, 3.8) is 0 Å². The minimum Gasteiger partial charge on any atom is -0.456 e. The molecule has 2 aliphatic carbocycles. The van der Waals surface area contributed by atoms with Crippen molar-refractivity contribution in [2.45, 2.75) is 18.3 Å². The normalized spacial score (nSPS) is 17.3. The van der Waals surface area contributed by atoms with Crippen molar-refractivity contribution in [3.05, 3.63) is 223 Å². The first-order valence-electron chi connectivity index (χ1n) is 20.6. The van der Waals surface area contributed by atoms with Gasteiger partial charge < -0.3 is 13.9 Å². The summed E-state index contributed by atoms with van der Waals surface area (Å²) in [5.74, 6) is 0. The van der Waals surface area contributed by atoms with Crippen LogP contribution in [0, 0.1) is 0 Å². The van der Waals surface area contributed by atoms with E-state index in [0.717, 1.165) is 52.6 Å². The Kier molecular flexibility index (Phi) is 7.64. The molecular weight excluding hydrogens is 717 g/mol. The van der Waals surface area contributed by atoms with E-state index < -0.39 is 0 Å². The third-order valence-electron chi connectivity index (χ3n) is 12.7. The molecule has 1 unspecified atom stereocenters. The Morgan fingerprint density at radius 3 is 1.93 bits per heavy atom. The Morgan fingerprint density at radius 2 is 1.17 bits per heavy atom. The molecule has 1 spiro atoms. The highest BCUT2D eigenvalue weighted by molar-refractivity contribution is 6.11. The number of benzene rings is 7. The summed E-state index contributed by atoms with van der Waals surface area (Å²) in [6, 6.07) is 57.4. The molecule has 3 heterocycles. The van der Waals surface area contributed by atoms with E-state index in [2.05, 4.69) is 216 Å². The molecule has 1 aliphatic heterocycles. The maximum Gasteiger partial charge on any atom is 0.135 e. The molecule has 7 aromatic carbocycles. The van der Waals surface area contributed by atoms with Crippen molar-refractivity contribution in [2.75, 3.05) is 11.4 Å². The average molecular weight is 757 g/mol. The summed E-state index contributed by atoms with van der Waals surface area (Å²) in [6.45, 7) is 0.954. The quantitative estimate of drug-likeness (QED) is 0.174. The Bertz CT molecular complexity index is 3270. The summed E-state index contributed by atoms with van der Waals surface area (Å²) in [4.78, 5) is 2.56. The fourth-order valence-corrected chi connectivity index (χ4v) is 9.88. The van der Waals surface area contributed by atoms with E-state index in [1.807, 2.05) is 0 Å². The molecule has 0 saturated carbocycles. The third kappa shape index (κ3) is 5.50. The summed E-state index contributed by atoms with van der Waals surface area (Å²) >= 11 is 0. The number of aromatic nitrogens is 1. The Morgan fingerprint density at radius 1 is 0.508 bits per heavy atom. The summed E-state index contributed by atoms with van der Waals surface area (Å²) in [5.41, 5.74) is 16.6. The van der Waals surface area contributed by atoms with Gasteiger partial charge in [-0.15, -0.1) is 0 Å². The van der Waals surface area contributed by atoms with E-state index in [0.29, 0.717) is 0 Å². The first-order chi connectivity index (χ1) is 29.2. The smallest absolute Gasteiger partial charge is 0.135 e. The van der Waals surface area contributed by atoms with Gasteiger partial charge in [-0.2, -0.15) is 0 Å². The number of hydrogen-bond acceptors (Lipinski definition) is 2. The van der Waals surface area contributed by atoms with Crippen LogP contribution in [0.1, 0.15) is 24.0 Å². The minimum absolute atomic E-state index is 0.0165. The molecule has 280 valence electrons. The van der Waals surface area contributed by atoms with Gasteiger partial charge in [0, 0.05) is 57.0 Å². The molecule has 0 N–H and O–H groups in total. The molecular formula is C56H40N2O. The largest absolute Gasteiger partial charge is 0.456 e. The fraction of sp³-hybridized carbons (Fsp3) is 0.0714. The van der Waals surface area contributed by atoms with Crippen LogP contribution in [0.2, 0.25) is 0 Å². The van der Waals surface area contributed by atoms with Crippen LogP contribution in [-0.2, 0) is 5.41 Å². The van der Waals surface area contributed by atoms with Gasteiger partial charge in [-0.25, -0.2) is 0 Å². The van der Waals surface area contributed by atoms with Gasteiger partial charge in [0.05, 0.1) is 11.0 Å². The van der Waals surface area contributed by atoms with E-state index in [1.54, 1.807) is 0 Å². The lowest BCUT2D eigenvalue weighted by Crippen LogP contribution is -2.32. The van der Waals surface area contributed by atoms with Crippen molar-refractivity contribution in [2.24, 2.45) is 0 Å². The molecule has 0 bridgehead atoms. The monoisotopic (exact) mass is 756 g/mol. The van der Waals surface area contributed by atoms with Crippen molar-refractivity contribution in [3.8, 4) is 27.9 Å². The zero-order chi connectivity index (χ0) is 38.9. The molecule has 12 rings (SSSR count). The number of hydrogen-bond donors (Lipinski definition) is 0. The molecule has 2 aromatic heterocycles. The first-order valence-corrected chi connectivity index (χ1v) is 20.6. The highest BCUT2D eigenvalue weighted by Gasteiger charge is 2.41. The van der Waals surface area contributed by atoms with E-state index in [-0.39, 0.29) is 5.41 Å². The lowest BCUT2D eigenvalue weighted by atomic mass is 9.77. The molecule has 59 heavy (non-hydrogen) atoms. The second-order valence-corrected chi connectivity index (χ2v) is 16.2. The summed E-state index contributed by atoms with van der Waals surface area (Å²) in [6.07, 6.45) is 20.2. The number of rotatable bonds is 5. The zero-order valence-electron chi connectivity index (χ0n) is 32.6. The molecule has 3 heteroatoms. The highest BCUT2D eigenvalue weighted by atomic mass is 16.3. The van der Waals surface area contributed by atoms with Crippen LogP contribution in [0.15, 0.2) is 216 Å². The lowest BCUT2D eigenvalue weighted by Gasteiger charge is -2.29. The minimum atomic E-state index is 0.0165. The van der Waals surface area contributed by atoms with Gasteiger partial charge in [0.25, 0.3) is 0 Å². The predicted octanol–water partition coefficient (Wildman–Crippen LogP) is 14.5. The van der Waals surface area contributed by atoms with Crippen molar-refractivity contribution < 1.29 is 4.42 Å². The Hall–Kier alpha value is -7.36. The molecule has 0 saturated heterocycles. The zero-order valence-corrected chi connectivity index (χ0v) is 32.6. The molecule has 3 aliphatic rings. The SMILES string of the molecule is C1=CCC(N2CC3(C=CC=CC3)c3ccccc32)=CC(c2cccc(-c3cccc(-c4ccc5oc6ccc(-n7c8ccccc8c8ccccc87)cc6c5c4)c3)c2)=C1. The number of nitrogens with zero attached hydrogens (tertiary/aromatic N) is 2. The van der Waals surface area contributed by atoms with Gasteiger partial charge in [0.15, 0.2) is 0 Å². The number of allylic oxidation sites excluding steroid dienone is 8. The summed E-state index contributed by atoms with van der Waals surface area (Å²) in [5, 5.41) is 4.75. The van der Waals surface area contributed by atoms with Crippen LogP contribution in [0.5, 0.6) is 0 Å². The summed E-state index contributed by atoms with van der Waals surface area (Å²) in [7, 11) is 0. The lowest BCUT2D eigenvalue weighted by molar-refractivity contribution is 0.572. The second-order valence-electron chi connectivity index (χ2n) is 16.2. The van der Waals surface area contributed by atoms with Crippen molar-refractivity contribution in [1.29, 1.82) is 0 Å². The van der Waals surface area contributed by atoms with E-state index in [4.69, 9.17) is 4.42 Å². The number of furan rings is 1. The van der Waals surface area contributed by atoms with Crippen molar-refractivity contribution in [1.82, 2.24) is 4.57 Å². The number of anilines is 1. The van der Waals surface area contributed by atoms with Gasteiger partial charge in [-0.05, 0) is 112 Å². The Labute approximate surface area is 343 Å². The van der Waals surface area contributed by atoms with Gasteiger partial charge in [0.2, 0.25) is 0 Å². The fourth-order valence-electron chi connectivity index (χ4n) is 9.88. The van der Waals surface area contributed by atoms with Crippen LogP contribution in [0.25, 0.3) is 77.3 Å². The Balaban J connectivity index is 0.884. The highest BCUT2D eigenvalue weighted by Crippen LogP contribution is 2.48. The van der Waals surface area contributed by atoms with Gasteiger partial charge in [0.1, 0.15) is 11.2 Å². The number of fused-ring (bicyclic) bond motifs is 8. The van der Waals surface area contributed by atoms with Crippen LogP contribution in [0.4, 0.5) is 5.69 Å². The standard InChI is InChI=1S/C56H40N2O/c1-10-30-56(31-11-1)37-57(53-25-9-6-22-50(53)56)44-19-3-2-14-42(34-44)40-17-12-15-38(32-40)39-16-13-18-41(33-39)43-26-28-54-48(35-43)49-36-45(27-29-55(49)59-54)58-51-23-7-4-20-46(51)47-21-5-8-24-52(47)58/h1-18,20-30,32-36H,19,31,37H2. The van der Waals surface area contributed by atoms with Crippen LogP contribution < -0.4 is 4.90 Å². The van der Waals surface area contributed by atoms with Crippen LogP contribution >= 0.6 is 0 Å². The molecule has 0 radical (unpaired) electrons. The molecule has 9 aromatic rings. The van der Waals surface area contributed by atoms with Gasteiger partial charge in [-0.3, -0.25) is 0 Å². The topological polar surface area (TPSA) is 21.3 Å².